The van der Waals surface area contributed by atoms with E-state index in [4.69, 9.17) is 4.74 Å². The van der Waals surface area contributed by atoms with E-state index in [1.165, 1.54) is 19.4 Å². The molecule has 0 aliphatic heterocycles. The van der Waals surface area contributed by atoms with Crippen LogP contribution >= 0.6 is 0 Å². The van der Waals surface area contributed by atoms with Crippen LogP contribution in [0.4, 0.5) is 5.69 Å². The summed E-state index contributed by atoms with van der Waals surface area (Å²) in [4.78, 5) is 24.3. The molecule has 0 unspecified atom stereocenters. The van der Waals surface area contributed by atoms with Crippen molar-refractivity contribution in [1.29, 1.82) is 0 Å². The third-order valence-electron chi connectivity index (χ3n) is 2.70. The molecule has 0 radical (unpaired) electrons. The van der Waals surface area contributed by atoms with Crippen molar-refractivity contribution in [3.63, 3.8) is 0 Å². The van der Waals surface area contributed by atoms with Gasteiger partial charge in [-0.2, -0.15) is 5.10 Å². The minimum atomic E-state index is -0.819. The zero-order chi connectivity index (χ0) is 16.1. The molecular formula is C13H11N4O5-. The number of nitrogens with one attached hydrogen (secondary N) is 2. The number of hydrogen-bond donors (Lipinski definition) is 2. The first kappa shape index (κ1) is 15.0. The molecule has 0 saturated carbocycles. The van der Waals surface area contributed by atoms with E-state index in [0.717, 1.165) is 6.07 Å². The van der Waals surface area contributed by atoms with Gasteiger partial charge in [0.1, 0.15) is 11.4 Å². The summed E-state index contributed by atoms with van der Waals surface area (Å²) in [5.74, 6) is -1.46. The Hall–Kier alpha value is -3.36. The first-order valence-corrected chi connectivity index (χ1v) is 6.03. The molecule has 2 N–H and O–H groups in total. The molecule has 0 saturated heterocycles. The van der Waals surface area contributed by atoms with Gasteiger partial charge >= 0.3 is 0 Å². The van der Waals surface area contributed by atoms with Gasteiger partial charge in [0.25, 0.3) is 11.6 Å². The van der Waals surface area contributed by atoms with Crippen molar-refractivity contribution in [2.24, 2.45) is 5.10 Å². The first-order chi connectivity index (χ1) is 10.5. The highest BCUT2D eigenvalue weighted by Gasteiger charge is 2.12. The second-order valence-electron chi connectivity index (χ2n) is 4.11. The van der Waals surface area contributed by atoms with Gasteiger partial charge < -0.3 is 14.8 Å². The number of rotatable bonds is 5. The number of carbonyl (C=O) groups excluding carboxylic acids is 1. The zero-order valence-corrected chi connectivity index (χ0v) is 11.4. The minimum absolute atomic E-state index is 0.175. The van der Waals surface area contributed by atoms with Crippen LogP contribution in [0.5, 0.6) is 11.5 Å². The number of nitro groups is 1. The molecule has 1 amide bonds. The molecule has 114 valence electrons. The number of aromatic nitrogens is 1. The Balaban J connectivity index is 2.18. The molecule has 0 aliphatic rings. The summed E-state index contributed by atoms with van der Waals surface area (Å²) in [6, 6.07) is 5.56. The van der Waals surface area contributed by atoms with Gasteiger partial charge in [0, 0.05) is 23.6 Å². The van der Waals surface area contributed by atoms with Gasteiger partial charge in [-0.15, -0.1) is 0 Å². The number of aromatic amines is 1. The summed E-state index contributed by atoms with van der Waals surface area (Å²) in [7, 11) is 1.23. The summed E-state index contributed by atoms with van der Waals surface area (Å²) in [6.45, 7) is 0. The maximum atomic E-state index is 11.6. The standard InChI is InChI=1S/C13H12N4O5/c1-22-11-6-8(5-10(12(11)18)17(20)21)7-15-16-13(19)9-3-2-4-14-9/h2-7,14,18H,1H3,(H,16,19)/p-1/b15-7-. The molecule has 1 heterocycles. The number of hydrazone groups is 1. The van der Waals surface area contributed by atoms with Crippen LogP contribution in [0.2, 0.25) is 0 Å². The quantitative estimate of drug-likeness (QED) is 0.478. The number of H-pyrrole nitrogens is 1. The van der Waals surface area contributed by atoms with Crippen LogP contribution in [-0.2, 0) is 0 Å². The average molecular weight is 303 g/mol. The zero-order valence-electron chi connectivity index (χ0n) is 11.4. The van der Waals surface area contributed by atoms with Crippen LogP contribution < -0.4 is 15.3 Å². The lowest BCUT2D eigenvalue weighted by Crippen LogP contribution is -2.17. The number of benzene rings is 1. The molecule has 1 aromatic heterocycles. The van der Waals surface area contributed by atoms with Crippen molar-refractivity contribution in [3.05, 3.63) is 51.8 Å². The molecular weight excluding hydrogens is 292 g/mol. The lowest BCUT2D eigenvalue weighted by atomic mass is 10.2. The van der Waals surface area contributed by atoms with E-state index < -0.39 is 22.3 Å². The van der Waals surface area contributed by atoms with Crippen molar-refractivity contribution in [1.82, 2.24) is 10.4 Å². The van der Waals surface area contributed by atoms with Gasteiger partial charge in [-0.3, -0.25) is 14.9 Å². The first-order valence-electron chi connectivity index (χ1n) is 6.03. The molecule has 0 atom stereocenters. The molecule has 9 heteroatoms. The van der Waals surface area contributed by atoms with E-state index in [-0.39, 0.29) is 11.3 Å². The van der Waals surface area contributed by atoms with Crippen molar-refractivity contribution in [2.45, 2.75) is 0 Å². The maximum absolute atomic E-state index is 11.6. The number of nitrogens with zero attached hydrogens (tertiary/aromatic N) is 2. The Morgan fingerprint density at radius 3 is 2.86 bits per heavy atom. The topological polar surface area (TPSA) is 133 Å². The third kappa shape index (κ3) is 3.20. The number of carbonyl (C=O) groups is 1. The number of amides is 1. The Morgan fingerprint density at radius 1 is 1.50 bits per heavy atom. The van der Waals surface area contributed by atoms with Gasteiger partial charge in [0.2, 0.25) is 0 Å². The average Bonchev–Trinajstić information content (AvgIpc) is 3.02. The Morgan fingerprint density at radius 2 is 2.27 bits per heavy atom. The number of methoxy groups -OCH3 is 1. The van der Waals surface area contributed by atoms with Crippen LogP contribution in [-0.4, -0.2) is 29.1 Å². The highest BCUT2D eigenvalue weighted by atomic mass is 16.6. The second-order valence-corrected chi connectivity index (χ2v) is 4.11. The number of hydrogen-bond acceptors (Lipinski definition) is 6. The summed E-state index contributed by atoms with van der Waals surface area (Å²) in [5, 5.41) is 26.1. The van der Waals surface area contributed by atoms with Gasteiger partial charge in [-0.1, -0.05) is 0 Å². The van der Waals surface area contributed by atoms with Crippen molar-refractivity contribution in [2.75, 3.05) is 7.11 Å². The van der Waals surface area contributed by atoms with Crippen LogP contribution in [0.3, 0.4) is 0 Å². The van der Waals surface area contributed by atoms with Crippen LogP contribution in [0.25, 0.3) is 0 Å². The fourth-order valence-electron chi connectivity index (χ4n) is 1.67. The monoisotopic (exact) mass is 303 g/mol. The van der Waals surface area contributed by atoms with E-state index in [0.29, 0.717) is 5.69 Å². The van der Waals surface area contributed by atoms with Crippen molar-refractivity contribution in [3.8, 4) is 11.5 Å². The lowest BCUT2D eigenvalue weighted by molar-refractivity contribution is -0.398. The summed E-state index contributed by atoms with van der Waals surface area (Å²) < 4.78 is 4.79. The SMILES string of the molecule is COc1cc(/C=N\NC(=O)c2ccc[nH]2)cc([N+](=O)[O-])c1[O-]. The maximum Gasteiger partial charge on any atom is 0.287 e. The van der Waals surface area contributed by atoms with Crippen LogP contribution in [0.1, 0.15) is 16.1 Å². The highest BCUT2D eigenvalue weighted by Crippen LogP contribution is 2.33. The van der Waals surface area contributed by atoms with Crippen LogP contribution in [0.15, 0.2) is 35.6 Å². The fourth-order valence-corrected chi connectivity index (χ4v) is 1.67. The predicted octanol–water partition coefficient (Wildman–Crippen LogP) is 0.769. The van der Waals surface area contributed by atoms with Gasteiger partial charge in [-0.25, -0.2) is 5.43 Å². The summed E-state index contributed by atoms with van der Waals surface area (Å²) in [5.41, 5.74) is 2.18. The minimum Gasteiger partial charge on any atom is -0.865 e. The molecule has 0 aliphatic carbocycles. The number of ether oxygens (including phenoxy) is 1. The Kier molecular flexibility index (Phi) is 4.37. The Labute approximate surface area is 124 Å². The fraction of sp³-hybridized carbons (Fsp3) is 0.0769. The van der Waals surface area contributed by atoms with E-state index in [9.17, 15) is 20.0 Å². The van der Waals surface area contributed by atoms with E-state index in [1.54, 1.807) is 18.3 Å². The molecule has 22 heavy (non-hydrogen) atoms. The summed E-state index contributed by atoms with van der Waals surface area (Å²) >= 11 is 0. The van der Waals surface area contributed by atoms with E-state index in [2.05, 4.69) is 15.5 Å². The number of nitro benzene ring substituents is 1. The lowest BCUT2D eigenvalue weighted by Gasteiger charge is -2.12. The second kappa shape index (κ2) is 6.39. The van der Waals surface area contributed by atoms with Gasteiger partial charge in [-0.05, 0) is 18.2 Å². The van der Waals surface area contributed by atoms with Crippen molar-refractivity contribution >= 4 is 17.8 Å². The largest absolute Gasteiger partial charge is 0.865 e. The van der Waals surface area contributed by atoms with E-state index >= 15 is 0 Å². The smallest absolute Gasteiger partial charge is 0.287 e. The molecule has 0 fully saturated rings. The molecule has 2 rings (SSSR count). The normalized spacial score (nSPS) is 10.6. The molecule has 9 nitrogen and oxygen atoms in total. The highest BCUT2D eigenvalue weighted by molar-refractivity contribution is 5.93. The molecule has 2 aromatic rings. The van der Waals surface area contributed by atoms with E-state index in [1.807, 2.05) is 0 Å². The Bertz CT molecular complexity index is 724. The van der Waals surface area contributed by atoms with Gasteiger partial charge in [0.15, 0.2) is 0 Å². The summed E-state index contributed by atoms with van der Waals surface area (Å²) in [6.07, 6.45) is 2.76. The van der Waals surface area contributed by atoms with Gasteiger partial charge in [0.05, 0.1) is 18.2 Å². The third-order valence-corrected chi connectivity index (χ3v) is 2.70. The van der Waals surface area contributed by atoms with Crippen LogP contribution in [0, 0.1) is 10.1 Å². The molecule has 1 aromatic carbocycles. The van der Waals surface area contributed by atoms with Crippen molar-refractivity contribution < 1.29 is 19.6 Å². The molecule has 0 spiro atoms. The predicted molar refractivity (Wildman–Crippen MR) is 74.9 cm³/mol. The molecule has 0 bridgehead atoms.